The normalized spacial score (nSPS) is 14.0. The molecule has 3 unspecified atom stereocenters. The number of benzene rings is 7. The Morgan fingerprint density at radius 1 is 0.602 bits per heavy atom. The number of urea groups is 1. The van der Waals surface area contributed by atoms with Crippen LogP contribution in [0.1, 0.15) is 256 Å². The summed E-state index contributed by atoms with van der Waals surface area (Å²) in [6.45, 7) is 35.8. The predicted molar refractivity (Wildman–Crippen MR) is 485 cm³/mol. The molecule has 1 fully saturated rings. The van der Waals surface area contributed by atoms with Crippen molar-refractivity contribution in [3.63, 3.8) is 0 Å². The summed E-state index contributed by atoms with van der Waals surface area (Å²) in [6, 6.07) is 64.6. The molecule has 1 aliphatic carbocycles. The Hall–Kier alpha value is -8.35. The number of amides is 5. The summed E-state index contributed by atoms with van der Waals surface area (Å²) in [5, 5.41) is 21.4. The topological polar surface area (TPSA) is 275 Å². The number of ether oxygens (including phenoxy) is 3. The van der Waals surface area contributed by atoms with Crippen molar-refractivity contribution >= 4 is 66.3 Å². The molecule has 118 heavy (non-hydrogen) atoms. The molecule has 0 aromatic heterocycles. The molecule has 0 saturated carbocycles. The van der Waals surface area contributed by atoms with Gasteiger partial charge in [0.2, 0.25) is 5.91 Å². The summed E-state index contributed by atoms with van der Waals surface area (Å²) in [6.07, 6.45) is 20.4. The van der Waals surface area contributed by atoms with E-state index in [1.807, 2.05) is 164 Å². The van der Waals surface area contributed by atoms with Crippen LogP contribution in [-0.2, 0) is 60.2 Å². The average Bonchev–Trinajstić information content (AvgIpc) is 1.63. The molecule has 634 valence electrons. The summed E-state index contributed by atoms with van der Waals surface area (Å²) in [5.41, 5.74) is 12.5. The molecule has 9 rings (SSSR count). The zero-order chi connectivity index (χ0) is 85.9. The molecule has 7 aromatic carbocycles. The van der Waals surface area contributed by atoms with Crippen LogP contribution in [0.25, 0.3) is 21.4 Å². The second-order valence-electron chi connectivity index (χ2n) is 28.0. The number of esters is 2. The van der Waals surface area contributed by atoms with Crippen LogP contribution < -0.4 is 73.1 Å². The van der Waals surface area contributed by atoms with Gasteiger partial charge in [-0.1, -0.05) is 359 Å². The number of rotatable bonds is 38. The van der Waals surface area contributed by atoms with E-state index in [4.69, 9.17) is 42.0 Å². The van der Waals surface area contributed by atoms with E-state index in [0.29, 0.717) is 37.5 Å². The van der Waals surface area contributed by atoms with E-state index in [9.17, 15) is 28.8 Å². The monoisotopic (exact) mass is 1670 g/mol. The molecule has 5 N–H and O–H groups in total. The zero-order valence-electron chi connectivity index (χ0n) is 71.6. The number of isocyanates is 1. The molecule has 2 aliphatic rings. The fourth-order valence-electron chi connectivity index (χ4n) is 14.1. The van der Waals surface area contributed by atoms with Gasteiger partial charge in [0, 0.05) is 42.8 Å². The van der Waals surface area contributed by atoms with Crippen molar-refractivity contribution in [2.24, 2.45) is 10.5 Å². The van der Waals surface area contributed by atoms with E-state index in [2.05, 4.69) is 147 Å². The average molecular weight is 1680 g/mol. The van der Waals surface area contributed by atoms with Crippen LogP contribution in [0, 0.1) is 18.4 Å². The Bertz CT molecular complexity index is 4000. The molecular formula is C96H134KN9O10P2. The predicted octanol–water partition coefficient (Wildman–Crippen LogP) is 18.9. The van der Waals surface area contributed by atoms with Gasteiger partial charge in [-0.2, -0.15) is 0 Å². The van der Waals surface area contributed by atoms with Gasteiger partial charge in [0.15, 0.2) is 5.54 Å². The second kappa shape index (κ2) is 64.6. The third kappa shape index (κ3) is 35.9. The summed E-state index contributed by atoms with van der Waals surface area (Å²) >= 11 is 0. The molecule has 1 heterocycles. The molecule has 1 aliphatic heterocycles. The van der Waals surface area contributed by atoms with Gasteiger partial charge in [0.25, 0.3) is 11.4 Å². The van der Waals surface area contributed by atoms with Crippen LogP contribution >= 0.6 is 18.6 Å². The minimum atomic E-state index is -1.30. The number of primary amides is 1. The van der Waals surface area contributed by atoms with E-state index < -0.39 is 40.5 Å². The Morgan fingerprint density at radius 3 is 1.42 bits per heavy atom. The number of nitrogens with zero attached hydrogens (tertiary/aromatic N) is 5. The Balaban J connectivity index is 0.00000147. The summed E-state index contributed by atoms with van der Waals surface area (Å²) < 4.78 is 20.7. The maximum atomic E-state index is 13.4. The van der Waals surface area contributed by atoms with Crippen molar-refractivity contribution in [1.29, 1.82) is 5.26 Å². The number of carbonyl (C=O) groups excluding carboxylic acids is 7. The SMILES string of the molecule is C.C#N.CCC(=NP)c1ccccc1.CCCCCCC[C@@](CC(N)=O)(C(=O)OCC)c1ccccc1.CCCCCCC[C@@](NC(=O)OCC1c2ccccc2-c2ccccc21)(C(=O)OCC)c1ccccc1.CCCCCCC[C@]1(c2ccccc2)NC(=O)NC1=O.CCN(CC)CC.[C-]#[N+]C(CC)(CP)c1ccccc1.[K+].[N-]=C=O. The Morgan fingerprint density at radius 2 is 1.02 bits per heavy atom. The van der Waals surface area contributed by atoms with Gasteiger partial charge in [-0.3, -0.25) is 29.3 Å². The van der Waals surface area contributed by atoms with Crippen molar-refractivity contribution in [1.82, 2.24) is 20.9 Å². The molecule has 0 spiro atoms. The standard InChI is InChI=1S/C32H37NO4.C19H29NO3.C16H22N2O2.C11H14NP.C9H12NP.C6H15N.CNO.CHN.CH4.K/c1-3-5-6-7-15-22-32(30(34)36-4-2,24-16-9-8-10-17-24)33-31(35)37-23-29-27-20-13-11-18-25(27)26-19-12-14-21-28(26)29;1-3-5-6-7-11-14-19(15-17(20)21,18(22)23-4-2)16-12-9-8-10-13-16;1-2-3-4-5-9-12-16(13-10-7-6-8-11-13)14(19)17-15(20)18-16;1-3-11(9-13,12-2)10-7-5-4-6-8-10;1-2-9(10-11)8-6-4-3-5-7-8;1-4-7(5-2)6-3;2-1-3;1-2;;/h8-14,16-21,29H,3-7,15,22-23H2,1-2H3,(H,33,35);8-10,12-13H,3-7,11,14-15H2,1-2H3,(H2,20,21);6-8,10-11H,2-5,9,12H2,1H3,(H2,17,18,19,20);4-8H,3,9,13H2,1H3;3-7H,2,11H2,1H3;4-6H2,1-3H3;;1H;1H4;/q;;;;;;-1;;;+1/t32-;19-;16-;;;;;;;/m001......./s1. The molecule has 0 radical (unpaired) electrons. The minimum Gasteiger partial charge on any atom is -0.724 e. The summed E-state index contributed by atoms with van der Waals surface area (Å²) in [5.74, 6) is -1.56. The van der Waals surface area contributed by atoms with Gasteiger partial charge >= 0.3 is 75.4 Å². The number of hydrogen-bond donors (Lipinski definition) is 4. The number of alkyl carbamates (subject to hydrolysis) is 1. The number of nitrogens with one attached hydrogen (secondary N) is 3. The van der Waals surface area contributed by atoms with E-state index in [0.717, 1.165) is 117 Å². The fourth-order valence-corrected chi connectivity index (χ4v) is 15.1. The summed E-state index contributed by atoms with van der Waals surface area (Å²) in [4.78, 5) is 89.2. The number of nitrogens with two attached hydrogens (primary N) is 1. The zero-order valence-corrected chi connectivity index (χ0v) is 77.0. The first kappa shape index (κ1) is 110. The molecule has 19 nitrogen and oxygen atoms in total. The fraction of sp³-hybridized carbons (Fsp3) is 0.458. The molecule has 0 bridgehead atoms. The number of hydrogen-bond acceptors (Lipinski definition) is 13. The largest absolute Gasteiger partial charge is 1.00 e. The molecule has 5 amide bonds. The second-order valence-corrected chi connectivity index (χ2v) is 28.7. The van der Waals surface area contributed by atoms with Gasteiger partial charge in [-0.15, -0.1) is 9.24 Å². The van der Waals surface area contributed by atoms with Gasteiger partial charge in [0.05, 0.1) is 13.2 Å². The van der Waals surface area contributed by atoms with Crippen molar-refractivity contribution < 1.29 is 99.2 Å². The van der Waals surface area contributed by atoms with Gasteiger partial charge in [-0.05, 0) is 119 Å². The van der Waals surface area contributed by atoms with Crippen molar-refractivity contribution in [3.05, 3.63) is 256 Å². The van der Waals surface area contributed by atoms with Gasteiger partial charge in [-0.25, -0.2) is 26.2 Å². The van der Waals surface area contributed by atoms with Gasteiger partial charge in [0.1, 0.15) is 17.6 Å². The summed E-state index contributed by atoms with van der Waals surface area (Å²) in [7, 11) is 5.07. The third-order valence-electron chi connectivity index (χ3n) is 20.6. The first-order valence-corrected chi connectivity index (χ1v) is 42.6. The van der Waals surface area contributed by atoms with Crippen molar-refractivity contribution in [3.8, 4) is 17.7 Å². The Labute approximate surface area is 754 Å². The number of carbonyl (C=O) groups is 6. The number of fused-ring (bicyclic) bond motifs is 3. The van der Waals surface area contributed by atoms with E-state index >= 15 is 0 Å². The van der Waals surface area contributed by atoms with E-state index in [1.54, 1.807) is 13.8 Å². The van der Waals surface area contributed by atoms with Gasteiger partial charge < -0.3 is 45.7 Å². The van der Waals surface area contributed by atoms with Crippen LogP contribution in [-0.4, -0.2) is 98.2 Å². The van der Waals surface area contributed by atoms with Crippen LogP contribution in [0.4, 0.5) is 9.59 Å². The van der Waals surface area contributed by atoms with Crippen LogP contribution in [0.2, 0.25) is 0 Å². The minimum absolute atomic E-state index is 0. The maximum absolute atomic E-state index is 13.4. The first-order chi connectivity index (χ1) is 56.3. The number of imide groups is 1. The smallest absolute Gasteiger partial charge is 0.724 e. The number of unbranched alkanes of at least 4 members (excludes halogenated alkanes) is 12. The molecule has 1 saturated heterocycles. The third-order valence-corrected chi connectivity index (χ3v) is 21.6. The van der Waals surface area contributed by atoms with E-state index in [1.165, 1.54) is 68.4 Å². The Kier molecular flexibility index (Phi) is 60.0. The van der Waals surface area contributed by atoms with Crippen molar-refractivity contribution in [2.45, 2.75) is 239 Å². The number of nitriles is 1. The van der Waals surface area contributed by atoms with E-state index in [-0.39, 0.29) is 102 Å². The van der Waals surface area contributed by atoms with Crippen LogP contribution in [0.3, 0.4) is 0 Å². The van der Waals surface area contributed by atoms with Crippen molar-refractivity contribution in [2.75, 3.05) is 45.6 Å². The maximum Gasteiger partial charge on any atom is 1.00 e. The van der Waals surface area contributed by atoms with Crippen LogP contribution in [0.5, 0.6) is 0 Å². The first-order valence-electron chi connectivity index (χ1n) is 41.3. The molecular weight excluding hydrogens is 1540 g/mol. The van der Waals surface area contributed by atoms with Crippen LogP contribution in [0.15, 0.2) is 205 Å². The quantitative estimate of drug-likeness (QED) is 0.00324. The molecule has 22 heteroatoms. The molecule has 7 aromatic rings. The molecule has 6 atom stereocenters.